The molecule has 0 aliphatic carbocycles. The van der Waals surface area contributed by atoms with E-state index in [4.69, 9.17) is 5.26 Å². The third-order valence-corrected chi connectivity index (χ3v) is 3.61. The Hall–Kier alpha value is -2.20. The molecule has 1 aromatic heterocycles. The van der Waals surface area contributed by atoms with Gasteiger partial charge in [0.1, 0.15) is 11.9 Å². The van der Waals surface area contributed by atoms with Gasteiger partial charge < -0.3 is 4.90 Å². The van der Waals surface area contributed by atoms with E-state index in [2.05, 4.69) is 16.0 Å². The summed E-state index contributed by atoms with van der Waals surface area (Å²) in [7, 11) is 0. The number of hydrogen-bond acceptors (Lipinski definition) is 6. The maximum absolute atomic E-state index is 11.0. The number of anilines is 1. The van der Waals surface area contributed by atoms with E-state index in [-0.39, 0.29) is 11.7 Å². The minimum Gasteiger partial charge on any atom is -0.363 e. The van der Waals surface area contributed by atoms with E-state index >= 15 is 0 Å². The van der Waals surface area contributed by atoms with Crippen molar-refractivity contribution in [3.05, 3.63) is 28.6 Å². The molecule has 1 aliphatic heterocycles. The number of nitro groups is 1. The Labute approximate surface area is 117 Å². The average Bonchev–Trinajstić information content (AvgIpc) is 2.49. The summed E-state index contributed by atoms with van der Waals surface area (Å²) in [4.78, 5) is 18.5. The van der Waals surface area contributed by atoms with Crippen molar-refractivity contribution in [1.29, 1.82) is 5.26 Å². The number of nitrogens with zero attached hydrogens (tertiary/aromatic N) is 5. The Bertz CT molecular complexity index is 520. The zero-order chi connectivity index (χ0) is 14.5. The van der Waals surface area contributed by atoms with Crippen LogP contribution in [-0.2, 0) is 0 Å². The standard InChI is InChI=1S/C13H17N5O2/c1-2-11(9-14)16-5-7-17(8-6-16)12-3-4-15-10-13(12)18(19)20/h3-4,10-11H,2,5-8H2,1H3. The molecule has 7 nitrogen and oxygen atoms in total. The first-order valence-electron chi connectivity index (χ1n) is 6.64. The summed E-state index contributed by atoms with van der Waals surface area (Å²) in [6.45, 7) is 4.84. The summed E-state index contributed by atoms with van der Waals surface area (Å²) < 4.78 is 0. The van der Waals surface area contributed by atoms with Crippen LogP contribution >= 0.6 is 0 Å². The average molecular weight is 275 g/mol. The quantitative estimate of drug-likeness (QED) is 0.610. The Morgan fingerprint density at radius 1 is 1.50 bits per heavy atom. The molecule has 1 atom stereocenters. The minimum absolute atomic E-state index is 0.0354. The van der Waals surface area contributed by atoms with Crippen LogP contribution < -0.4 is 4.90 Å². The number of pyridine rings is 1. The molecule has 0 N–H and O–H groups in total. The summed E-state index contributed by atoms with van der Waals surface area (Å²) in [6, 6.07) is 3.91. The molecule has 7 heteroatoms. The van der Waals surface area contributed by atoms with Gasteiger partial charge >= 0.3 is 5.69 Å². The topological polar surface area (TPSA) is 86.3 Å². The largest absolute Gasteiger partial charge is 0.363 e. The fourth-order valence-corrected chi connectivity index (χ4v) is 2.49. The Morgan fingerprint density at radius 3 is 2.75 bits per heavy atom. The summed E-state index contributed by atoms with van der Waals surface area (Å²) in [5, 5.41) is 20.1. The van der Waals surface area contributed by atoms with Crippen molar-refractivity contribution in [2.75, 3.05) is 31.1 Å². The van der Waals surface area contributed by atoms with Crippen LogP contribution in [-0.4, -0.2) is 47.0 Å². The SMILES string of the molecule is CCC(C#N)N1CCN(c2ccncc2[N+](=O)[O-])CC1. The van der Waals surface area contributed by atoms with Gasteiger partial charge in [0.2, 0.25) is 0 Å². The maximum Gasteiger partial charge on any atom is 0.310 e. The normalized spacial score (nSPS) is 17.5. The Balaban J connectivity index is 2.08. The van der Waals surface area contributed by atoms with Gasteiger partial charge in [0.25, 0.3) is 0 Å². The highest BCUT2D eigenvalue weighted by Gasteiger charge is 2.26. The van der Waals surface area contributed by atoms with E-state index in [9.17, 15) is 10.1 Å². The first kappa shape index (κ1) is 14.2. The van der Waals surface area contributed by atoms with Gasteiger partial charge in [-0.3, -0.25) is 20.0 Å². The van der Waals surface area contributed by atoms with Crippen LogP contribution in [0.25, 0.3) is 0 Å². The maximum atomic E-state index is 11.0. The summed E-state index contributed by atoms with van der Waals surface area (Å²) in [5.74, 6) is 0. The Morgan fingerprint density at radius 2 is 2.20 bits per heavy atom. The van der Waals surface area contributed by atoms with E-state index in [1.54, 1.807) is 12.3 Å². The molecule has 0 spiro atoms. The van der Waals surface area contributed by atoms with Crippen LogP contribution in [0, 0.1) is 21.4 Å². The van der Waals surface area contributed by atoms with E-state index in [1.165, 1.54) is 6.20 Å². The van der Waals surface area contributed by atoms with Crippen LogP contribution in [0.15, 0.2) is 18.5 Å². The lowest BCUT2D eigenvalue weighted by Gasteiger charge is -2.37. The first-order valence-corrected chi connectivity index (χ1v) is 6.64. The molecule has 1 fully saturated rings. The molecule has 0 bridgehead atoms. The molecular formula is C13H17N5O2. The number of nitriles is 1. The zero-order valence-corrected chi connectivity index (χ0v) is 11.4. The second-order valence-corrected chi connectivity index (χ2v) is 4.70. The van der Waals surface area contributed by atoms with Crippen molar-refractivity contribution < 1.29 is 4.92 Å². The molecule has 106 valence electrons. The van der Waals surface area contributed by atoms with Gasteiger partial charge in [-0.2, -0.15) is 5.26 Å². The fourth-order valence-electron chi connectivity index (χ4n) is 2.49. The van der Waals surface area contributed by atoms with Gasteiger partial charge in [0.15, 0.2) is 0 Å². The van der Waals surface area contributed by atoms with Crippen LogP contribution in [0.1, 0.15) is 13.3 Å². The van der Waals surface area contributed by atoms with Crippen LogP contribution in [0.2, 0.25) is 0 Å². The van der Waals surface area contributed by atoms with Crippen LogP contribution in [0.3, 0.4) is 0 Å². The molecule has 1 saturated heterocycles. The van der Waals surface area contributed by atoms with Crippen molar-refractivity contribution in [1.82, 2.24) is 9.88 Å². The molecule has 2 heterocycles. The van der Waals surface area contributed by atoms with Gasteiger partial charge in [-0.05, 0) is 12.5 Å². The number of piperazine rings is 1. The van der Waals surface area contributed by atoms with Crippen LogP contribution in [0.5, 0.6) is 0 Å². The van der Waals surface area contributed by atoms with Crippen molar-refractivity contribution in [2.45, 2.75) is 19.4 Å². The summed E-state index contributed by atoms with van der Waals surface area (Å²) in [6.07, 6.45) is 3.65. The Kier molecular flexibility index (Phi) is 4.48. The van der Waals surface area contributed by atoms with Gasteiger partial charge in [-0.25, -0.2) is 0 Å². The minimum atomic E-state index is -0.404. The fraction of sp³-hybridized carbons (Fsp3) is 0.538. The molecule has 1 aliphatic rings. The lowest BCUT2D eigenvalue weighted by Crippen LogP contribution is -2.50. The molecule has 0 radical (unpaired) electrons. The highest BCUT2D eigenvalue weighted by molar-refractivity contribution is 5.61. The molecule has 20 heavy (non-hydrogen) atoms. The third kappa shape index (κ3) is 2.86. The first-order chi connectivity index (χ1) is 9.67. The second-order valence-electron chi connectivity index (χ2n) is 4.70. The summed E-state index contributed by atoms with van der Waals surface area (Å²) in [5.41, 5.74) is 0.642. The van der Waals surface area contributed by atoms with Gasteiger partial charge in [-0.15, -0.1) is 0 Å². The second kappa shape index (κ2) is 6.30. The van der Waals surface area contributed by atoms with Crippen molar-refractivity contribution in [2.24, 2.45) is 0 Å². The highest BCUT2D eigenvalue weighted by atomic mass is 16.6. The predicted molar refractivity (Wildman–Crippen MR) is 74.4 cm³/mol. The predicted octanol–water partition coefficient (Wildman–Crippen LogP) is 1.41. The van der Waals surface area contributed by atoms with E-state index in [0.717, 1.165) is 19.5 Å². The van der Waals surface area contributed by atoms with E-state index in [0.29, 0.717) is 18.8 Å². The van der Waals surface area contributed by atoms with Gasteiger partial charge in [-0.1, -0.05) is 6.92 Å². The monoisotopic (exact) mass is 275 g/mol. The van der Waals surface area contributed by atoms with Crippen molar-refractivity contribution in [3.63, 3.8) is 0 Å². The molecule has 0 aromatic carbocycles. The lowest BCUT2D eigenvalue weighted by molar-refractivity contribution is -0.384. The van der Waals surface area contributed by atoms with Gasteiger partial charge in [0.05, 0.1) is 17.0 Å². The summed E-state index contributed by atoms with van der Waals surface area (Å²) >= 11 is 0. The number of rotatable bonds is 4. The van der Waals surface area contributed by atoms with E-state index in [1.807, 2.05) is 11.8 Å². The molecule has 1 unspecified atom stereocenters. The number of aromatic nitrogens is 1. The smallest absolute Gasteiger partial charge is 0.310 e. The van der Waals surface area contributed by atoms with Crippen LogP contribution in [0.4, 0.5) is 11.4 Å². The molecule has 2 rings (SSSR count). The van der Waals surface area contributed by atoms with Crippen molar-refractivity contribution in [3.8, 4) is 6.07 Å². The molecule has 1 aromatic rings. The third-order valence-electron chi connectivity index (χ3n) is 3.61. The van der Waals surface area contributed by atoms with Crippen molar-refractivity contribution >= 4 is 11.4 Å². The highest BCUT2D eigenvalue weighted by Crippen LogP contribution is 2.27. The number of hydrogen-bond donors (Lipinski definition) is 0. The van der Waals surface area contributed by atoms with E-state index < -0.39 is 4.92 Å². The zero-order valence-electron chi connectivity index (χ0n) is 11.4. The molecule has 0 amide bonds. The van der Waals surface area contributed by atoms with Gasteiger partial charge in [0, 0.05) is 32.4 Å². The molecule has 0 saturated carbocycles. The molecular weight excluding hydrogens is 258 g/mol. The lowest BCUT2D eigenvalue weighted by atomic mass is 10.1.